The van der Waals surface area contributed by atoms with E-state index in [1.165, 1.54) is 5.56 Å². The van der Waals surface area contributed by atoms with Crippen LogP contribution >= 0.6 is 11.8 Å². The number of hydrazone groups is 1. The smallest absolute Gasteiger partial charge is 0.289 e. The Labute approximate surface area is 225 Å². The molecule has 0 radical (unpaired) electrons. The van der Waals surface area contributed by atoms with Crippen LogP contribution in [-0.4, -0.2) is 21.9 Å². The van der Waals surface area contributed by atoms with Crippen molar-refractivity contribution >= 4 is 46.0 Å². The Bertz CT molecular complexity index is 1560. The molecule has 0 saturated carbocycles. The summed E-state index contributed by atoms with van der Waals surface area (Å²) in [6.07, 6.45) is 2.75. The molecular weight excluding hydrogens is 492 g/mol. The van der Waals surface area contributed by atoms with Gasteiger partial charge in [0.1, 0.15) is 11.6 Å². The van der Waals surface area contributed by atoms with Gasteiger partial charge < -0.3 is 10.4 Å². The normalized spacial score (nSPS) is 19.2. The molecule has 2 aliphatic rings. The van der Waals surface area contributed by atoms with E-state index in [0.717, 1.165) is 45.6 Å². The van der Waals surface area contributed by atoms with E-state index in [-0.39, 0.29) is 17.0 Å². The highest BCUT2D eigenvalue weighted by molar-refractivity contribution is 8.18. The van der Waals surface area contributed by atoms with Gasteiger partial charge in [-0.25, -0.2) is 4.99 Å². The number of hydrogen-bond acceptors (Lipinski definition) is 6. The lowest BCUT2D eigenvalue weighted by Gasteiger charge is -2.24. The summed E-state index contributed by atoms with van der Waals surface area (Å²) in [6.45, 7) is 0. The Kier molecular flexibility index (Phi) is 6.50. The molecule has 0 spiro atoms. The summed E-state index contributed by atoms with van der Waals surface area (Å²) in [6, 6.07) is 35.6. The molecule has 2 N–H and O–H groups in total. The second-order valence-corrected chi connectivity index (χ2v) is 10.00. The van der Waals surface area contributed by atoms with Gasteiger partial charge in [0.25, 0.3) is 5.24 Å². The van der Waals surface area contributed by atoms with Crippen LogP contribution in [0.4, 0.5) is 16.2 Å². The lowest BCUT2D eigenvalue weighted by atomic mass is 9.98. The minimum atomic E-state index is -0.183. The summed E-state index contributed by atoms with van der Waals surface area (Å²) < 4.78 is 0. The molecule has 1 atom stereocenters. The van der Waals surface area contributed by atoms with Gasteiger partial charge in [0.05, 0.1) is 28.0 Å². The highest BCUT2D eigenvalue weighted by Gasteiger charge is 2.30. The van der Waals surface area contributed by atoms with E-state index in [2.05, 4.69) is 63.8 Å². The van der Waals surface area contributed by atoms with Crippen LogP contribution in [0.25, 0.3) is 6.08 Å². The summed E-state index contributed by atoms with van der Waals surface area (Å²) >= 11 is 1.10. The molecule has 2 heterocycles. The van der Waals surface area contributed by atoms with Crippen LogP contribution in [0.3, 0.4) is 0 Å². The molecule has 1 unspecified atom stereocenters. The number of phenolic OH excluding ortho intramolecular Hbond substituents is 1. The molecule has 2 aliphatic heterocycles. The molecule has 6 nitrogen and oxygen atoms in total. The zero-order valence-electron chi connectivity index (χ0n) is 20.4. The molecule has 1 fully saturated rings. The molecule has 4 aromatic carbocycles. The molecule has 1 amide bonds. The number of carbonyl (C=O) groups excluding carboxylic acids is 1. The SMILES string of the molecule is O=C1NC(=Nc2cccc(O)c2)C(=Cc2ccc(N3N=C(c4ccccc4)CC3c3ccccc3)cc2)S1. The minimum absolute atomic E-state index is 0.101. The van der Waals surface area contributed by atoms with Crippen molar-refractivity contribution < 1.29 is 9.90 Å². The van der Waals surface area contributed by atoms with Crippen LogP contribution < -0.4 is 10.3 Å². The Morgan fingerprint density at radius 2 is 1.66 bits per heavy atom. The molecule has 7 heteroatoms. The summed E-state index contributed by atoms with van der Waals surface area (Å²) in [5.74, 6) is 0.592. The molecule has 4 aromatic rings. The third-order valence-electron chi connectivity index (χ3n) is 6.38. The molecule has 0 aromatic heterocycles. The van der Waals surface area contributed by atoms with Gasteiger partial charge >= 0.3 is 0 Å². The standard InChI is InChI=1S/C31H24N4O2S/c36-26-13-7-12-24(19-26)32-30-29(38-31(37)33-30)18-21-14-16-25(17-15-21)35-28(23-10-5-2-6-11-23)20-27(34-35)22-8-3-1-4-9-22/h1-19,28,36H,20H2,(H,32,33,37). The number of aliphatic imine (C=N–C) groups is 1. The van der Waals surface area contributed by atoms with Crippen molar-refractivity contribution in [1.82, 2.24) is 5.32 Å². The highest BCUT2D eigenvalue weighted by Crippen LogP contribution is 2.37. The second kappa shape index (κ2) is 10.4. The van der Waals surface area contributed by atoms with Crippen LogP contribution in [-0.2, 0) is 0 Å². The summed E-state index contributed by atoms with van der Waals surface area (Å²) in [5, 5.41) is 19.5. The quantitative estimate of drug-likeness (QED) is 0.292. The summed E-state index contributed by atoms with van der Waals surface area (Å²) in [7, 11) is 0. The van der Waals surface area contributed by atoms with Gasteiger partial charge in [-0.3, -0.25) is 9.80 Å². The number of nitrogens with one attached hydrogen (secondary N) is 1. The Morgan fingerprint density at radius 3 is 2.39 bits per heavy atom. The highest BCUT2D eigenvalue weighted by atomic mass is 32.2. The van der Waals surface area contributed by atoms with Crippen molar-refractivity contribution in [2.45, 2.75) is 12.5 Å². The van der Waals surface area contributed by atoms with Crippen LogP contribution in [0.1, 0.15) is 29.2 Å². The molecule has 1 saturated heterocycles. The number of rotatable bonds is 5. The topological polar surface area (TPSA) is 77.3 Å². The number of amides is 1. The van der Waals surface area contributed by atoms with Crippen molar-refractivity contribution in [3.63, 3.8) is 0 Å². The Morgan fingerprint density at radius 1 is 0.921 bits per heavy atom. The Hall–Kier alpha value is -4.62. The molecule has 186 valence electrons. The molecule has 0 bridgehead atoms. The van der Waals surface area contributed by atoms with Gasteiger partial charge in [-0.15, -0.1) is 0 Å². The van der Waals surface area contributed by atoms with E-state index in [1.54, 1.807) is 24.3 Å². The number of anilines is 1. The van der Waals surface area contributed by atoms with E-state index in [9.17, 15) is 9.90 Å². The molecule has 0 aliphatic carbocycles. The number of phenols is 1. The fourth-order valence-corrected chi connectivity index (χ4v) is 5.30. The predicted molar refractivity (Wildman–Crippen MR) is 155 cm³/mol. The van der Waals surface area contributed by atoms with Crippen molar-refractivity contribution in [3.05, 3.63) is 131 Å². The number of amidine groups is 1. The van der Waals surface area contributed by atoms with E-state index < -0.39 is 0 Å². The maximum Gasteiger partial charge on any atom is 0.289 e. The van der Waals surface area contributed by atoms with Crippen molar-refractivity contribution in [1.29, 1.82) is 0 Å². The van der Waals surface area contributed by atoms with E-state index >= 15 is 0 Å². The minimum Gasteiger partial charge on any atom is -0.508 e. The zero-order valence-corrected chi connectivity index (χ0v) is 21.2. The van der Waals surface area contributed by atoms with Crippen LogP contribution in [0, 0.1) is 0 Å². The van der Waals surface area contributed by atoms with Crippen LogP contribution in [0.5, 0.6) is 5.75 Å². The summed E-state index contributed by atoms with van der Waals surface area (Å²) in [4.78, 5) is 17.4. The second-order valence-electron chi connectivity index (χ2n) is 8.98. The van der Waals surface area contributed by atoms with E-state index in [4.69, 9.17) is 5.10 Å². The Balaban J connectivity index is 1.30. The first-order chi connectivity index (χ1) is 18.6. The molecule has 38 heavy (non-hydrogen) atoms. The van der Waals surface area contributed by atoms with Crippen molar-refractivity contribution in [2.75, 3.05) is 5.01 Å². The average molecular weight is 517 g/mol. The maximum absolute atomic E-state index is 12.1. The lowest BCUT2D eigenvalue weighted by Crippen LogP contribution is -2.18. The van der Waals surface area contributed by atoms with Crippen LogP contribution in [0.2, 0.25) is 0 Å². The van der Waals surface area contributed by atoms with Gasteiger partial charge in [-0.1, -0.05) is 78.9 Å². The zero-order chi connectivity index (χ0) is 25.9. The van der Waals surface area contributed by atoms with Gasteiger partial charge in [0.15, 0.2) is 0 Å². The van der Waals surface area contributed by atoms with Gasteiger partial charge in [-0.05, 0) is 58.8 Å². The molecular formula is C31H24N4O2S. The van der Waals surface area contributed by atoms with Crippen molar-refractivity contribution in [3.8, 4) is 5.75 Å². The predicted octanol–water partition coefficient (Wildman–Crippen LogP) is 7.28. The first-order valence-electron chi connectivity index (χ1n) is 12.3. The third-order valence-corrected chi connectivity index (χ3v) is 7.20. The number of carbonyl (C=O) groups is 1. The largest absolute Gasteiger partial charge is 0.508 e. The van der Waals surface area contributed by atoms with E-state index in [1.807, 2.05) is 42.5 Å². The van der Waals surface area contributed by atoms with Crippen molar-refractivity contribution in [2.24, 2.45) is 10.1 Å². The lowest BCUT2D eigenvalue weighted by molar-refractivity contribution is 0.265. The molecule has 6 rings (SSSR count). The fourth-order valence-electron chi connectivity index (χ4n) is 4.57. The third kappa shape index (κ3) is 5.10. The number of hydrogen-bond donors (Lipinski definition) is 2. The van der Waals surface area contributed by atoms with Crippen LogP contribution in [0.15, 0.2) is 124 Å². The van der Waals surface area contributed by atoms with Gasteiger partial charge in [0.2, 0.25) is 0 Å². The summed E-state index contributed by atoms with van der Waals surface area (Å²) in [5.41, 5.74) is 5.91. The monoisotopic (exact) mass is 516 g/mol. The van der Waals surface area contributed by atoms with E-state index in [0.29, 0.717) is 11.5 Å². The average Bonchev–Trinajstić information content (AvgIpc) is 3.54. The number of nitrogens with zero attached hydrogens (tertiary/aromatic N) is 3. The maximum atomic E-state index is 12.1. The first kappa shape index (κ1) is 23.8. The first-order valence-corrected chi connectivity index (χ1v) is 13.1. The fraction of sp³-hybridized carbons (Fsp3) is 0.0645. The number of thioether (sulfide) groups is 1. The van der Waals surface area contributed by atoms with Gasteiger partial charge in [-0.2, -0.15) is 5.10 Å². The number of aromatic hydroxyl groups is 1. The number of benzene rings is 4. The van der Waals surface area contributed by atoms with Gasteiger partial charge in [0, 0.05) is 12.5 Å².